The fourth-order valence-corrected chi connectivity index (χ4v) is 13.6. The highest BCUT2D eigenvalue weighted by molar-refractivity contribution is 6.32. The quantitative estimate of drug-likeness (QED) is 0.149. The summed E-state index contributed by atoms with van der Waals surface area (Å²) < 4.78 is 0. The summed E-state index contributed by atoms with van der Waals surface area (Å²) in [6.07, 6.45) is 0. The highest BCUT2D eigenvalue weighted by Gasteiger charge is 2.32. The Kier molecular flexibility index (Phi) is 10.7. The van der Waals surface area contributed by atoms with E-state index in [4.69, 9.17) is 0 Å². The van der Waals surface area contributed by atoms with Crippen LogP contribution in [0.25, 0.3) is 164 Å². The summed E-state index contributed by atoms with van der Waals surface area (Å²) in [7, 11) is 0. The second-order valence-electron chi connectivity index (χ2n) is 21.3. The summed E-state index contributed by atoms with van der Waals surface area (Å²) in [4.78, 5) is 0. The standard InChI is InChI=1S/C80H50/c1-8-36-58-51(22-1)29-15-43-65(58)72-50-73-75(67-45-17-31-53-24-3-10-38-60(53)67)77(69-47-19-33-55-26-5-12-40-62(55)69)78(70-48-20-34-56-27-6-13-41-63(56)70)79(71-49-21-35-57-28-7-14-42-64(57)71)80(73)76(68-46-18-32-54-25-4-11-39-61(54)68)74(72)66-44-16-30-52-23-2-9-37-59(52)66/h1-50H. The minimum absolute atomic E-state index is 1.18. The Morgan fingerprint density at radius 1 is 0.125 bits per heavy atom. The zero-order valence-electron chi connectivity index (χ0n) is 43.9. The Hall–Kier alpha value is -10.4. The van der Waals surface area contributed by atoms with Crippen LogP contribution in [-0.4, -0.2) is 0 Å². The number of hydrogen-bond acceptors (Lipinski definition) is 0. The first-order chi connectivity index (χ1) is 39.7. The summed E-state index contributed by atoms with van der Waals surface area (Å²) in [6.45, 7) is 0. The lowest BCUT2D eigenvalue weighted by atomic mass is 9.72. The van der Waals surface area contributed by atoms with Gasteiger partial charge in [0.25, 0.3) is 0 Å². The molecule has 0 heterocycles. The van der Waals surface area contributed by atoms with Crippen LogP contribution >= 0.6 is 0 Å². The number of hydrogen-bond donors (Lipinski definition) is 0. The smallest absolute Gasteiger partial charge is 0.000674 e. The first-order valence-corrected chi connectivity index (χ1v) is 27.8. The fourth-order valence-electron chi connectivity index (χ4n) is 13.6. The van der Waals surface area contributed by atoms with Crippen molar-refractivity contribution in [3.8, 4) is 77.9 Å². The SMILES string of the molecule is c1ccc2c(-c3cc4c(-c5cccc6ccccc56)c(-c5cccc6ccccc56)c(-c5cccc6ccccc56)c(-c5cccc6ccccc56)c4c(-c4cccc5ccccc45)c3-c3cccc4ccccc34)cccc2c1. The van der Waals surface area contributed by atoms with Gasteiger partial charge in [-0.1, -0.05) is 297 Å². The van der Waals surface area contributed by atoms with E-state index in [9.17, 15) is 0 Å². The molecule has 16 aromatic carbocycles. The van der Waals surface area contributed by atoms with Gasteiger partial charge < -0.3 is 0 Å². The van der Waals surface area contributed by atoms with Gasteiger partial charge in [0.1, 0.15) is 0 Å². The summed E-state index contributed by atoms with van der Waals surface area (Å²) in [6, 6.07) is 114. The van der Waals surface area contributed by atoms with Crippen molar-refractivity contribution in [1.29, 1.82) is 0 Å². The van der Waals surface area contributed by atoms with Crippen LogP contribution in [0.1, 0.15) is 0 Å². The Labute approximate surface area is 464 Å². The maximum absolute atomic E-state index is 2.62. The molecule has 0 spiro atoms. The fraction of sp³-hybridized carbons (Fsp3) is 0. The minimum atomic E-state index is 1.18. The predicted octanol–water partition coefficient (Wildman–Crippen LogP) is 22.6. The van der Waals surface area contributed by atoms with Crippen LogP contribution in [0.4, 0.5) is 0 Å². The van der Waals surface area contributed by atoms with Crippen LogP contribution < -0.4 is 0 Å². The molecule has 0 N–H and O–H groups in total. The second-order valence-corrected chi connectivity index (χ2v) is 21.3. The molecule has 0 atom stereocenters. The van der Waals surface area contributed by atoms with Crippen LogP contribution in [0, 0.1) is 0 Å². The zero-order chi connectivity index (χ0) is 52.7. The average molecular weight is 1010 g/mol. The predicted molar refractivity (Wildman–Crippen MR) is 345 cm³/mol. The molecule has 0 saturated heterocycles. The second kappa shape index (κ2) is 18.7. The molecule has 0 saturated carbocycles. The molecule has 0 aliphatic rings. The molecule has 0 radical (unpaired) electrons. The van der Waals surface area contributed by atoms with E-state index in [-0.39, 0.29) is 0 Å². The van der Waals surface area contributed by atoms with Crippen molar-refractivity contribution in [2.45, 2.75) is 0 Å². The van der Waals surface area contributed by atoms with Crippen LogP contribution in [0.15, 0.2) is 303 Å². The maximum Gasteiger partial charge on any atom is -0.000674 e. The molecular formula is C80H50. The average Bonchev–Trinajstić information content (AvgIpc) is 3.70. The largest absolute Gasteiger partial charge is 0.0616 e. The van der Waals surface area contributed by atoms with Crippen molar-refractivity contribution in [1.82, 2.24) is 0 Å². The van der Waals surface area contributed by atoms with Gasteiger partial charge in [-0.05, 0) is 170 Å². The molecule has 80 heavy (non-hydrogen) atoms. The Morgan fingerprint density at radius 2 is 0.338 bits per heavy atom. The van der Waals surface area contributed by atoms with Crippen molar-refractivity contribution < 1.29 is 0 Å². The van der Waals surface area contributed by atoms with E-state index in [0.29, 0.717) is 0 Å². The van der Waals surface area contributed by atoms with E-state index < -0.39 is 0 Å². The minimum Gasteiger partial charge on any atom is -0.0616 e. The molecule has 0 amide bonds. The molecule has 0 heteroatoms. The first kappa shape index (κ1) is 45.8. The Balaban J connectivity index is 1.30. The number of rotatable bonds is 7. The maximum atomic E-state index is 2.62. The molecule has 16 aromatic rings. The van der Waals surface area contributed by atoms with Gasteiger partial charge in [-0.2, -0.15) is 0 Å². The Morgan fingerprint density at radius 3 is 0.662 bits per heavy atom. The Bertz CT molecular complexity index is 5070. The van der Waals surface area contributed by atoms with Gasteiger partial charge in [-0.15, -0.1) is 0 Å². The summed E-state index contributed by atoms with van der Waals surface area (Å²) in [5, 5.41) is 19.2. The van der Waals surface area contributed by atoms with Crippen molar-refractivity contribution in [3.05, 3.63) is 303 Å². The highest BCUT2D eigenvalue weighted by atomic mass is 14.3. The van der Waals surface area contributed by atoms with Crippen molar-refractivity contribution in [3.63, 3.8) is 0 Å². The molecule has 0 aliphatic heterocycles. The lowest BCUT2D eigenvalue weighted by molar-refractivity contribution is 1.59. The van der Waals surface area contributed by atoms with Gasteiger partial charge in [0.05, 0.1) is 0 Å². The molecular weight excluding hydrogens is 961 g/mol. The van der Waals surface area contributed by atoms with Gasteiger partial charge >= 0.3 is 0 Å². The van der Waals surface area contributed by atoms with Crippen LogP contribution in [-0.2, 0) is 0 Å². The molecule has 0 aromatic heterocycles. The summed E-state index contributed by atoms with van der Waals surface area (Å²) in [5.74, 6) is 0. The third-order valence-electron chi connectivity index (χ3n) is 17.0. The lowest BCUT2D eigenvalue weighted by Gasteiger charge is -2.30. The monoisotopic (exact) mass is 1010 g/mol. The number of fused-ring (bicyclic) bond motifs is 8. The van der Waals surface area contributed by atoms with Gasteiger partial charge in [-0.3, -0.25) is 0 Å². The number of benzene rings is 16. The van der Waals surface area contributed by atoms with Crippen molar-refractivity contribution >= 4 is 86.2 Å². The highest BCUT2D eigenvalue weighted by Crippen LogP contribution is 2.60. The summed E-state index contributed by atoms with van der Waals surface area (Å²) in [5.41, 5.74) is 16.7. The molecule has 370 valence electrons. The van der Waals surface area contributed by atoms with Crippen LogP contribution in [0.3, 0.4) is 0 Å². The van der Waals surface area contributed by atoms with E-state index in [1.165, 1.54) is 164 Å². The van der Waals surface area contributed by atoms with Gasteiger partial charge in [-0.25, -0.2) is 0 Å². The first-order valence-electron chi connectivity index (χ1n) is 27.8. The van der Waals surface area contributed by atoms with E-state index in [1.807, 2.05) is 0 Å². The van der Waals surface area contributed by atoms with E-state index in [1.54, 1.807) is 0 Å². The van der Waals surface area contributed by atoms with E-state index in [0.717, 1.165) is 0 Å². The van der Waals surface area contributed by atoms with Gasteiger partial charge in [0.2, 0.25) is 0 Å². The van der Waals surface area contributed by atoms with Crippen LogP contribution in [0.2, 0.25) is 0 Å². The molecule has 16 rings (SSSR count). The third kappa shape index (κ3) is 7.16. The molecule has 0 bridgehead atoms. The third-order valence-corrected chi connectivity index (χ3v) is 17.0. The zero-order valence-corrected chi connectivity index (χ0v) is 43.9. The lowest BCUT2D eigenvalue weighted by Crippen LogP contribution is -2.03. The van der Waals surface area contributed by atoms with E-state index in [2.05, 4.69) is 303 Å². The van der Waals surface area contributed by atoms with Crippen molar-refractivity contribution in [2.75, 3.05) is 0 Å². The van der Waals surface area contributed by atoms with Crippen LogP contribution in [0.5, 0.6) is 0 Å². The molecule has 0 fully saturated rings. The molecule has 0 unspecified atom stereocenters. The van der Waals surface area contributed by atoms with Gasteiger partial charge in [0.15, 0.2) is 0 Å². The summed E-state index contributed by atoms with van der Waals surface area (Å²) >= 11 is 0. The molecule has 0 aliphatic carbocycles. The van der Waals surface area contributed by atoms with Gasteiger partial charge in [0, 0.05) is 0 Å². The normalized spacial score (nSPS) is 11.8. The topological polar surface area (TPSA) is 0 Å². The van der Waals surface area contributed by atoms with Crippen molar-refractivity contribution in [2.24, 2.45) is 0 Å². The van der Waals surface area contributed by atoms with E-state index >= 15 is 0 Å². The molecule has 0 nitrogen and oxygen atoms in total.